The SMILES string of the molecule is O=C(OCc1cc(=O)n2cc(Br)ccc2n1)c1ccc2c(c1)C(=O)N(c1ccccc1Cl)C2=O. The van der Waals surface area contributed by atoms with Crippen molar-refractivity contribution in [1.29, 1.82) is 0 Å². The number of aromatic nitrogens is 2. The fourth-order valence-electron chi connectivity index (χ4n) is 3.64. The molecule has 2 amide bonds. The number of para-hydroxylation sites is 1. The predicted molar refractivity (Wildman–Crippen MR) is 127 cm³/mol. The van der Waals surface area contributed by atoms with Crippen molar-refractivity contribution in [3.05, 3.63) is 109 Å². The van der Waals surface area contributed by atoms with Gasteiger partial charge in [-0.2, -0.15) is 0 Å². The molecule has 0 spiro atoms. The minimum Gasteiger partial charge on any atom is -0.456 e. The fourth-order valence-corrected chi connectivity index (χ4v) is 4.20. The first-order chi connectivity index (χ1) is 16.3. The van der Waals surface area contributed by atoms with Gasteiger partial charge in [-0.15, -0.1) is 0 Å². The van der Waals surface area contributed by atoms with Crippen molar-refractivity contribution in [2.75, 3.05) is 4.90 Å². The van der Waals surface area contributed by atoms with Crippen LogP contribution in [-0.2, 0) is 11.3 Å². The number of fused-ring (bicyclic) bond motifs is 2. The number of benzene rings is 2. The Morgan fingerprint density at radius 3 is 2.53 bits per heavy atom. The molecule has 0 unspecified atom stereocenters. The van der Waals surface area contributed by atoms with Crippen LogP contribution < -0.4 is 10.5 Å². The third-order valence-corrected chi connectivity index (χ3v) is 6.03. The molecule has 10 heteroatoms. The van der Waals surface area contributed by atoms with E-state index < -0.39 is 17.8 Å². The van der Waals surface area contributed by atoms with E-state index >= 15 is 0 Å². The quantitative estimate of drug-likeness (QED) is 0.284. The molecule has 0 fully saturated rings. The number of carbonyl (C=O) groups excluding carboxylic acids is 3. The molecule has 0 N–H and O–H groups in total. The maximum Gasteiger partial charge on any atom is 0.338 e. The highest BCUT2D eigenvalue weighted by molar-refractivity contribution is 9.10. The van der Waals surface area contributed by atoms with Gasteiger partial charge in [-0.25, -0.2) is 14.7 Å². The number of halogens is 2. The van der Waals surface area contributed by atoms with Crippen molar-refractivity contribution in [1.82, 2.24) is 9.38 Å². The smallest absolute Gasteiger partial charge is 0.338 e. The van der Waals surface area contributed by atoms with Crippen LogP contribution >= 0.6 is 27.5 Å². The Morgan fingerprint density at radius 1 is 0.971 bits per heavy atom. The zero-order valence-corrected chi connectivity index (χ0v) is 19.5. The third kappa shape index (κ3) is 3.78. The van der Waals surface area contributed by atoms with E-state index in [-0.39, 0.29) is 45.3 Å². The molecule has 5 rings (SSSR count). The van der Waals surface area contributed by atoms with Gasteiger partial charge >= 0.3 is 5.97 Å². The largest absolute Gasteiger partial charge is 0.456 e. The lowest BCUT2D eigenvalue weighted by Gasteiger charge is -2.15. The number of carbonyl (C=O) groups is 3. The number of anilines is 1. The molecule has 2 aromatic heterocycles. The Kier molecular flexibility index (Phi) is 5.51. The van der Waals surface area contributed by atoms with Crippen molar-refractivity contribution in [3.8, 4) is 0 Å². The van der Waals surface area contributed by atoms with Crippen molar-refractivity contribution >= 4 is 56.6 Å². The zero-order valence-electron chi connectivity index (χ0n) is 17.2. The van der Waals surface area contributed by atoms with Gasteiger partial charge in [0.2, 0.25) is 0 Å². The average molecular weight is 539 g/mol. The summed E-state index contributed by atoms with van der Waals surface area (Å²) in [5, 5.41) is 0.253. The molecular weight excluding hydrogens is 526 g/mol. The second kappa shape index (κ2) is 8.51. The van der Waals surface area contributed by atoms with Crippen molar-refractivity contribution in [3.63, 3.8) is 0 Å². The van der Waals surface area contributed by atoms with E-state index in [0.29, 0.717) is 5.65 Å². The molecule has 0 aliphatic carbocycles. The Hall–Kier alpha value is -3.82. The van der Waals surface area contributed by atoms with Gasteiger partial charge in [0.1, 0.15) is 12.3 Å². The first-order valence-electron chi connectivity index (χ1n) is 9.96. The second-order valence-corrected chi connectivity index (χ2v) is 8.72. The van der Waals surface area contributed by atoms with E-state index in [2.05, 4.69) is 20.9 Å². The number of nitrogens with zero attached hydrogens (tertiary/aromatic N) is 3. The van der Waals surface area contributed by atoms with Crippen molar-refractivity contribution in [2.24, 2.45) is 0 Å². The number of pyridine rings is 1. The summed E-state index contributed by atoms with van der Waals surface area (Å²) in [6.45, 7) is -0.240. The summed E-state index contributed by atoms with van der Waals surface area (Å²) in [5.74, 6) is -1.84. The molecule has 0 atom stereocenters. The lowest BCUT2D eigenvalue weighted by molar-refractivity contribution is 0.0467. The van der Waals surface area contributed by atoms with Crippen LogP contribution in [0.3, 0.4) is 0 Å². The summed E-state index contributed by atoms with van der Waals surface area (Å²) >= 11 is 9.46. The summed E-state index contributed by atoms with van der Waals surface area (Å²) in [7, 11) is 0. The van der Waals surface area contributed by atoms with E-state index in [1.807, 2.05) is 0 Å². The van der Waals surface area contributed by atoms with Crippen molar-refractivity contribution in [2.45, 2.75) is 6.61 Å². The maximum absolute atomic E-state index is 12.9. The minimum atomic E-state index is -0.725. The number of hydrogen-bond donors (Lipinski definition) is 0. The molecule has 0 radical (unpaired) electrons. The number of esters is 1. The molecule has 0 saturated heterocycles. The van der Waals surface area contributed by atoms with E-state index in [0.717, 1.165) is 9.37 Å². The van der Waals surface area contributed by atoms with Crippen LogP contribution in [0, 0.1) is 0 Å². The summed E-state index contributed by atoms with van der Waals surface area (Å²) in [6.07, 6.45) is 1.59. The van der Waals surface area contributed by atoms with E-state index in [1.165, 1.54) is 28.7 Å². The summed E-state index contributed by atoms with van der Waals surface area (Å²) in [6, 6.07) is 15.3. The number of amides is 2. The Labute approximate surface area is 205 Å². The van der Waals surface area contributed by atoms with Gasteiger partial charge in [-0.1, -0.05) is 23.7 Å². The van der Waals surface area contributed by atoms with E-state index in [4.69, 9.17) is 16.3 Å². The van der Waals surface area contributed by atoms with E-state index in [1.54, 1.807) is 42.6 Å². The predicted octanol–water partition coefficient (Wildman–Crippen LogP) is 4.27. The molecule has 0 bridgehead atoms. The zero-order chi connectivity index (χ0) is 24.0. The van der Waals surface area contributed by atoms with Gasteiger partial charge in [0.05, 0.1) is 33.1 Å². The van der Waals surface area contributed by atoms with Gasteiger partial charge in [-0.3, -0.25) is 18.8 Å². The van der Waals surface area contributed by atoms with Crippen LogP contribution in [-0.4, -0.2) is 27.2 Å². The molecule has 34 heavy (non-hydrogen) atoms. The van der Waals surface area contributed by atoms with Crippen LogP contribution in [0.1, 0.15) is 36.8 Å². The standard InChI is InChI=1S/C24H13BrClN3O5/c25-14-6-8-20-27-15(10-21(30)28(20)11-14)12-34-24(33)13-5-7-16-17(9-13)23(32)29(22(16)31)19-4-2-1-3-18(19)26/h1-11H,12H2. The number of ether oxygens (including phenoxy) is 1. The van der Waals surface area contributed by atoms with Crippen LogP contribution in [0.5, 0.6) is 0 Å². The topological polar surface area (TPSA) is 98.1 Å². The molecule has 0 saturated carbocycles. The molecular formula is C24H13BrClN3O5. The molecule has 2 aromatic carbocycles. The van der Waals surface area contributed by atoms with Gasteiger partial charge in [0, 0.05) is 16.7 Å². The number of hydrogen-bond acceptors (Lipinski definition) is 6. The molecule has 168 valence electrons. The van der Waals surface area contributed by atoms with Crippen LogP contribution in [0.15, 0.2) is 76.1 Å². The number of imide groups is 1. The molecule has 4 aromatic rings. The lowest BCUT2D eigenvalue weighted by Crippen LogP contribution is -2.29. The maximum atomic E-state index is 12.9. The first-order valence-corrected chi connectivity index (χ1v) is 11.1. The van der Waals surface area contributed by atoms with Gasteiger partial charge < -0.3 is 4.74 Å². The van der Waals surface area contributed by atoms with E-state index in [9.17, 15) is 19.2 Å². The highest BCUT2D eigenvalue weighted by atomic mass is 79.9. The highest BCUT2D eigenvalue weighted by Gasteiger charge is 2.38. The highest BCUT2D eigenvalue weighted by Crippen LogP contribution is 2.33. The van der Waals surface area contributed by atoms with Crippen LogP contribution in [0.4, 0.5) is 5.69 Å². The number of rotatable bonds is 4. The Balaban J connectivity index is 1.37. The third-order valence-electron chi connectivity index (χ3n) is 5.24. The molecule has 1 aliphatic heterocycles. The van der Waals surface area contributed by atoms with Crippen LogP contribution in [0.2, 0.25) is 5.02 Å². The normalized spacial score (nSPS) is 12.8. The summed E-state index contributed by atoms with van der Waals surface area (Å²) < 4.78 is 7.39. The molecule has 3 heterocycles. The van der Waals surface area contributed by atoms with Gasteiger partial charge in [0.25, 0.3) is 17.4 Å². The monoisotopic (exact) mass is 537 g/mol. The Morgan fingerprint density at radius 2 is 1.74 bits per heavy atom. The van der Waals surface area contributed by atoms with Gasteiger partial charge in [-0.05, 0) is 58.4 Å². The molecule has 8 nitrogen and oxygen atoms in total. The Bertz CT molecular complexity index is 1580. The fraction of sp³-hybridized carbons (Fsp3) is 0.0417. The lowest BCUT2D eigenvalue weighted by atomic mass is 10.1. The molecule has 1 aliphatic rings. The second-order valence-electron chi connectivity index (χ2n) is 7.39. The summed E-state index contributed by atoms with van der Waals surface area (Å²) in [4.78, 5) is 56.0. The summed E-state index contributed by atoms with van der Waals surface area (Å²) in [5.41, 5.74) is 0.950. The average Bonchev–Trinajstić information content (AvgIpc) is 3.07. The van der Waals surface area contributed by atoms with Crippen LogP contribution in [0.25, 0.3) is 5.65 Å². The first kappa shape index (κ1) is 22.0. The van der Waals surface area contributed by atoms with Crippen molar-refractivity contribution < 1.29 is 19.1 Å². The van der Waals surface area contributed by atoms with Gasteiger partial charge in [0.15, 0.2) is 0 Å². The minimum absolute atomic E-state index is 0.0759.